The number of H-pyrrole nitrogens is 1. The molecule has 0 unspecified atom stereocenters. The summed E-state index contributed by atoms with van der Waals surface area (Å²) in [6.07, 6.45) is 1.95. The first-order valence-corrected chi connectivity index (χ1v) is 8.66. The largest absolute Gasteiger partial charge is 0.508 e. The van der Waals surface area contributed by atoms with E-state index in [1.165, 1.54) is 29.0 Å². The molecular formula is C20H19N3O5. The highest BCUT2D eigenvalue weighted by atomic mass is 16.5. The minimum Gasteiger partial charge on any atom is -0.508 e. The Kier molecular flexibility index (Phi) is 5.91. The molecule has 0 bridgehead atoms. The number of rotatable bonds is 7. The van der Waals surface area contributed by atoms with Crippen LogP contribution in [0, 0.1) is 0 Å². The van der Waals surface area contributed by atoms with E-state index < -0.39 is 11.2 Å². The Hall–Kier alpha value is -3.81. The van der Waals surface area contributed by atoms with Gasteiger partial charge in [-0.3, -0.25) is 14.6 Å². The van der Waals surface area contributed by atoms with E-state index in [1.807, 2.05) is 0 Å². The van der Waals surface area contributed by atoms with Crippen molar-refractivity contribution >= 4 is 5.91 Å². The van der Waals surface area contributed by atoms with Crippen LogP contribution < -0.4 is 21.3 Å². The van der Waals surface area contributed by atoms with Crippen LogP contribution in [0.2, 0.25) is 0 Å². The van der Waals surface area contributed by atoms with Crippen molar-refractivity contribution in [3.63, 3.8) is 0 Å². The molecule has 3 aromatic rings. The lowest BCUT2D eigenvalue weighted by Crippen LogP contribution is -2.30. The predicted molar refractivity (Wildman–Crippen MR) is 103 cm³/mol. The summed E-state index contributed by atoms with van der Waals surface area (Å²) >= 11 is 0. The van der Waals surface area contributed by atoms with Gasteiger partial charge in [0.25, 0.3) is 11.5 Å². The highest BCUT2D eigenvalue weighted by Crippen LogP contribution is 2.24. The maximum atomic E-state index is 12.3. The molecule has 0 atom stereocenters. The van der Waals surface area contributed by atoms with Gasteiger partial charge in [-0.15, -0.1) is 0 Å². The van der Waals surface area contributed by atoms with Crippen molar-refractivity contribution in [3.05, 3.63) is 87.2 Å². The van der Waals surface area contributed by atoms with Crippen LogP contribution >= 0.6 is 0 Å². The van der Waals surface area contributed by atoms with E-state index >= 15 is 0 Å². The molecule has 3 N–H and O–H groups in total. The number of nitrogens with zero attached hydrogens (tertiary/aromatic N) is 1. The molecule has 0 aliphatic heterocycles. The first-order valence-electron chi connectivity index (χ1n) is 8.66. The van der Waals surface area contributed by atoms with E-state index in [9.17, 15) is 19.5 Å². The molecule has 0 spiro atoms. The third-order valence-corrected chi connectivity index (χ3v) is 3.93. The number of hydrogen-bond donors (Lipinski definition) is 3. The van der Waals surface area contributed by atoms with E-state index in [0.29, 0.717) is 36.6 Å². The highest BCUT2D eigenvalue weighted by Gasteiger charge is 2.07. The molecule has 0 radical (unpaired) electrons. The van der Waals surface area contributed by atoms with Gasteiger partial charge in [0.1, 0.15) is 17.2 Å². The number of benzene rings is 2. The first kappa shape index (κ1) is 19.0. The lowest BCUT2D eigenvalue weighted by atomic mass is 10.2. The summed E-state index contributed by atoms with van der Waals surface area (Å²) < 4.78 is 7.05. The molecule has 0 aliphatic rings. The summed E-state index contributed by atoms with van der Waals surface area (Å²) in [5.74, 6) is 0.925. The second kappa shape index (κ2) is 8.72. The molecule has 0 aliphatic carbocycles. The number of carbonyl (C=O) groups excluding carboxylic acids is 1. The topological polar surface area (TPSA) is 113 Å². The summed E-state index contributed by atoms with van der Waals surface area (Å²) in [6.45, 7) is 0.743. The number of carbonyl (C=O) groups is 1. The number of nitrogens with one attached hydrogen (secondary N) is 2. The number of hydrogen-bond acceptors (Lipinski definition) is 5. The van der Waals surface area contributed by atoms with Crippen molar-refractivity contribution in [2.45, 2.75) is 13.0 Å². The molecule has 1 heterocycles. The fourth-order valence-electron chi connectivity index (χ4n) is 2.52. The van der Waals surface area contributed by atoms with Crippen molar-refractivity contribution in [3.8, 4) is 17.2 Å². The quantitative estimate of drug-likeness (QED) is 0.541. The number of phenolic OH excluding ortho intramolecular Hbond substituents is 1. The second-order valence-electron chi connectivity index (χ2n) is 6.04. The third kappa shape index (κ3) is 5.10. The maximum absolute atomic E-state index is 12.3. The van der Waals surface area contributed by atoms with Crippen LogP contribution in [0.1, 0.15) is 16.8 Å². The maximum Gasteiger partial charge on any atom is 0.328 e. The lowest BCUT2D eigenvalue weighted by Gasteiger charge is -2.09. The van der Waals surface area contributed by atoms with Crippen molar-refractivity contribution in [2.24, 2.45) is 0 Å². The van der Waals surface area contributed by atoms with Gasteiger partial charge in [-0.2, -0.15) is 0 Å². The predicted octanol–water partition coefficient (Wildman–Crippen LogP) is 1.85. The number of aromatic nitrogens is 2. The van der Waals surface area contributed by atoms with Gasteiger partial charge in [-0.05, 0) is 48.9 Å². The number of aromatic hydroxyl groups is 1. The monoisotopic (exact) mass is 381 g/mol. The van der Waals surface area contributed by atoms with E-state index in [1.54, 1.807) is 36.4 Å². The Labute approximate surface area is 160 Å². The van der Waals surface area contributed by atoms with Crippen LogP contribution in [0.15, 0.2) is 70.4 Å². The van der Waals surface area contributed by atoms with Gasteiger partial charge in [0.15, 0.2) is 0 Å². The molecule has 1 aromatic heterocycles. The van der Waals surface area contributed by atoms with Crippen molar-refractivity contribution < 1.29 is 14.6 Å². The molecule has 3 rings (SSSR count). The van der Waals surface area contributed by atoms with Crippen LogP contribution in [-0.2, 0) is 6.54 Å². The molecular weight excluding hydrogens is 362 g/mol. The fourth-order valence-corrected chi connectivity index (χ4v) is 2.52. The SMILES string of the molecule is O=C(NCCCn1ccc(=O)[nH]c1=O)c1cccc(Oc2ccc(O)cc2)c1. The summed E-state index contributed by atoms with van der Waals surface area (Å²) in [5.41, 5.74) is -0.473. The summed E-state index contributed by atoms with van der Waals surface area (Å²) in [5, 5.41) is 12.1. The number of aromatic amines is 1. The molecule has 0 saturated carbocycles. The van der Waals surface area contributed by atoms with Crippen LogP contribution in [0.3, 0.4) is 0 Å². The molecule has 144 valence electrons. The average molecular weight is 381 g/mol. The Balaban J connectivity index is 1.53. The van der Waals surface area contributed by atoms with E-state index in [4.69, 9.17) is 4.74 Å². The Morgan fingerprint density at radius 1 is 1.07 bits per heavy atom. The number of phenols is 1. The normalized spacial score (nSPS) is 10.4. The molecule has 1 amide bonds. The fraction of sp³-hybridized carbons (Fsp3) is 0.150. The molecule has 2 aromatic carbocycles. The van der Waals surface area contributed by atoms with Crippen LogP contribution in [0.5, 0.6) is 17.2 Å². The molecule has 8 heteroatoms. The van der Waals surface area contributed by atoms with Gasteiger partial charge in [-0.1, -0.05) is 6.07 Å². The van der Waals surface area contributed by atoms with Crippen molar-refractivity contribution in [1.82, 2.24) is 14.9 Å². The van der Waals surface area contributed by atoms with Gasteiger partial charge in [0.2, 0.25) is 0 Å². The van der Waals surface area contributed by atoms with Gasteiger partial charge >= 0.3 is 5.69 Å². The zero-order chi connectivity index (χ0) is 19.9. The van der Waals surface area contributed by atoms with Gasteiger partial charge in [0, 0.05) is 30.9 Å². The highest BCUT2D eigenvalue weighted by molar-refractivity contribution is 5.94. The second-order valence-corrected chi connectivity index (χ2v) is 6.04. The van der Waals surface area contributed by atoms with Crippen LogP contribution in [0.25, 0.3) is 0 Å². The number of amides is 1. The summed E-state index contributed by atoms with van der Waals surface area (Å²) in [7, 11) is 0. The zero-order valence-corrected chi connectivity index (χ0v) is 14.9. The summed E-state index contributed by atoms with van der Waals surface area (Å²) in [6, 6.07) is 14.3. The van der Waals surface area contributed by atoms with Crippen molar-refractivity contribution in [1.29, 1.82) is 0 Å². The first-order chi connectivity index (χ1) is 13.5. The van der Waals surface area contributed by atoms with E-state index in [2.05, 4.69) is 10.3 Å². The van der Waals surface area contributed by atoms with E-state index in [-0.39, 0.29) is 11.7 Å². The smallest absolute Gasteiger partial charge is 0.328 e. The van der Waals surface area contributed by atoms with Gasteiger partial charge in [-0.25, -0.2) is 4.79 Å². The zero-order valence-electron chi connectivity index (χ0n) is 14.9. The van der Waals surface area contributed by atoms with Crippen molar-refractivity contribution in [2.75, 3.05) is 6.54 Å². The molecule has 0 saturated heterocycles. The molecule has 0 fully saturated rings. The van der Waals surface area contributed by atoms with Crippen LogP contribution in [-0.4, -0.2) is 27.1 Å². The Bertz CT molecular complexity index is 1070. The molecule has 28 heavy (non-hydrogen) atoms. The van der Waals surface area contributed by atoms with E-state index in [0.717, 1.165) is 0 Å². The summed E-state index contributed by atoms with van der Waals surface area (Å²) in [4.78, 5) is 37.1. The third-order valence-electron chi connectivity index (χ3n) is 3.93. The minimum atomic E-state index is -0.474. The average Bonchev–Trinajstić information content (AvgIpc) is 2.68. The standard InChI is InChI=1S/C20H19N3O5/c24-15-5-7-16(8-6-15)28-17-4-1-3-14(13-17)19(26)21-10-2-11-23-12-9-18(25)22-20(23)27/h1,3-9,12-13,24H,2,10-11H2,(H,21,26)(H,22,25,27). The Morgan fingerprint density at radius 3 is 2.61 bits per heavy atom. The Morgan fingerprint density at radius 2 is 1.86 bits per heavy atom. The lowest BCUT2D eigenvalue weighted by molar-refractivity contribution is 0.0952. The number of ether oxygens (including phenoxy) is 1. The molecule has 8 nitrogen and oxygen atoms in total. The van der Waals surface area contributed by atoms with Crippen LogP contribution in [0.4, 0.5) is 0 Å². The van der Waals surface area contributed by atoms with Gasteiger partial charge < -0.3 is 19.7 Å². The van der Waals surface area contributed by atoms with Gasteiger partial charge in [0.05, 0.1) is 0 Å². The minimum absolute atomic E-state index is 0.143. The number of aryl methyl sites for hydroxylation is 1.